The number of hydrogen-bond donors (Lipinski definition) is 2. The first-order valence-corrected chi connectivity index (χ1v) is 7.84. The Labute approximate surface area is 126 Å². The van der Waals surface area contributed by atoms with Crippen molar-refractivity contribution in [2.45, 2.75) is 38.7 Å². The van der Waals surface area contributed by atoms with E-state index in [4.69, 9.17) is 4.74 Å². The van der Waals surface area contributed by atoms with Gasteiger partial charge in [0.15, 0.2) is 0 Å². The van der Waals surface area contributed by atoms with Crippen LogP contribution in [0.25, 0.3) is 0 Å². The number of amides is 1. The van der Waals surface area contributed by atoms with E-state index in [0.29, 0.717) is 24.9 Å². The van der Waals surface area contributed by atoms with Crippen LogP contribution in [0.5, 0.6) is 0 Å². The molecule has 21 heavy (non-hydrogen) atoms. The highest BCUT2D eigenvalue weighted by Gasteiger charge is 2.14. The van der Waals surface area contributed by atoms with Gasteiger partial charge in [-0.2, -0.15) is 5.10 Å². The van der Waals surface area contributed by atoms with Crippen LogP contribution in [-0.2, 0) is 18.2 Å². The van der Waals surface area contributed by atoms with Crippen molar-refractivity contribution in [3.63, 3.8) is 0 Å². The summed E-state index contributed by atoms with van der Waals surface area (Å²) in [6.07, 6.45) is 4.23. The van der Waals surface area contributed by atoms with Crippen LogP contribution in [0.2, 0.25) is 0 Å². The third-order valence-corrected chi connectivity index (χ3v) is 3.77. The average Bonchev–Trinajstić information content (AvgIpc) is 2.89. The third-order valence-electron chi connectivity index (χ3n) is 3.77. The predicted molar refractivity (Wildman–Crippen MR) is 81.4 cm³/mol. The van der Waals surface area contributed by atoms with Crippen molar-refractivity contribution in [2.24, 2.45) is 7.05 Å². The second kappa shape index (κ2) is 8.14. The van der Waals surface area contributed by atoms with Gasteiger partial charge in [-0.15, -0.1) is 0 Å². The second-order valence-electron chi connectivity index (χ2n) is 5.43. The molecule has 6 heteroatoms. The van der Waals surface area contributed by atoms with Crippen LogP contribution in [0.1, 0.15) is 42.4 Å². The Hall–Kier alpha value is -1.40. The van der Waals surface area contributed by atoms with Gasteiger partial charge in [0.05, 0.1) is 11.8 Å². The van der Waals surface area contributed by atoms with Crippen molar-refractivity contribution in [3.8, 4) is 0 Å². The second-order valence-corrected chi connectivity index (χ2v) is 5.43. The molecule has 118 valence electrons. The Morgan fingerprint density at radius 1 is 1.52 bits per heavy atom. The molecule has 1 fully saturated rings. The zero-order valence-electron chi connectivity index (χ0n) is 13.0. The van der Waals surface area contributed by atoms with E-state index >= 15 is 0 Å². The number of ether oxygens (including phenoxy) is 1. The highest BCUT2D eigenvalue weighted by atomic mass is 16.5. The summed E-state index contributed by atoms with van der Waals surface area (Å²) in [6, 6.07) is 1.85. The van der Waals surface area contributed by atoms with Crippen molar-refractivity contribution >= 4 is 5.91 Å². The number of carbonyl (C=O) groups excluding carboxylic acids is 1. The van der Waals surface area contributed by atoms with Crippen LogP contribution in [0, 0.1) is 0 Å². The first-order chi connectivity index (χ1) is 10.2. The predicted octanol–water partition coefficient (Wildman–Crippen LogP) is 0.871. The number of rotatable bonds is 7. The number of aromatic nitrogens is 2. The highest BCUT2D eigenvalue weighted by molar-refractivity contribution is 5.92. The molecule has 0 aromatic carbocycles. The zero-order chi connectivity index (χ0) is 15.1. The van der Waals surface area contributed by atoms with E-state index in [0.717, 1.165) is 44.5 Å². The Kier molecular flexibility index (Phi) is 6.20. The molecule has 1 aromatic heterocycles. The lowest BCUT2D eigenvalue weighted by Crippen LogP contribution is -2.33. The summed E-state index contributed by atoms with van der Waals surface area (Å²) in [4.78, 5) is 12.0. The van der Waals surface area contributed by atoms with Gasteiger partial charge >= 0.3 is 0 Å². The van der Waals surface area contributed by atoms with Gasteiger partial charge in [-0.3, -0.25) is 9.48 Å². The lowest BCUT2D eigenvalue weighted by Gasteiger charge is -2.22. The molecule has 1 amide bonds. The molecule has 0 radical (unpaired) electrons. The topological polar surface area (TPSA) is 68.2 Å². The SMILES string of the molecule is CCc1cc(C(=O)NCCCOC2CCNCC2)n(C)n1. The first-order valence-electron chi connectivity index (χ1n) is 7.84. The number of nitrogens with one attached hydrogen (secondary N) is 2. The van der Waals surface area contributed by atoms with Crippen LogP contribution in [0.3, 0.4) is 0 Å². The normalized spacial score (nSPS) is 16.1. The smallest absolute Gasteiger partial charge is 0.269 e. The summed E-state index contributed by atoms with van der Waals surface area (Å²) in [6.45, 7) is 5.46. The number of nitrogens with zero attached hydrogens (tertiary/aromatic N) is 2. The van der Waals surface area contributed by atoms with Gasteiger partial charge in [-0.1, -0.05) is 6.92 Å². The first kappa shape index (κ1) is 16.0. The Morgan fingerprint density at radius 3 is 2.95 bits per heavy atom. The fraction of sp³-hybridized carbons (Fsp3) is 0.733. The molecule has 0 saturated carbocycles. The molecule has 1 aliphatic rings. The standard InChI is InChI=1S/C15H26N4O2/c1-3-12-11-14(19(2)18-12)15(20)17-7-4-10-21-13-5-8-16-9-6-13/h11,13,16H,3-10H2,1-2H3,(H,17,20). The zero-order valence-corrected chi connectivity index (χ0v) is 13.0. The fourth-order valence-corrected chi connectivity index (χ4v) is 2.49. The van der Waals surface area contributed by atoms with Crippen LogP contribution < -0.4 is 10.6 Å². The van der Waals surface area contributed by atoms with Crippen molar-refractivity contribution in [1.29, 1.82) is 0 Å². The Bertz CT molecular complexity index is 453. The molecule has 0 bridgehead atoms. The summed E-state index contributed by atoms with van der Waals surface area (Å²) in [5.41, 5.74) is 1.56. The van der Waals surface area contributed by atoms with E-state index in [9.17, 15) is 4.79 Å². The summed E-state index contributed by atoms with van der Waals surface area (Å²) in [5, 5.41) is 10.5. The molecule has 0 unspecified atom stereocenters. The van der Waals surface area contributed by atoms with Crippen LogP contribution in [0.15, 0.2) is 6.07 Å². The number of carbonyl (C=O) groups is 1. The van der Waals surface area contributed by atoms with Gasteiger partial charge in [-0.25, -0.2) is 0 Å². The summed E-state index contributed by atoms with van der Waals surface area (Å²) in [5.74, 6) is -0.0634. The third kappa shape index (κ3) is 4.82. The van der Waals surface area contributed by atoms with E-state index in [1.807, 2.05) is 13.0 Å². The Balaban J connectivity index is 1.63. The molecule has 1 saturated heterocycles. The molecule has 0 spiro atoms. The van der Waals surface area contributed by atoms with Crippen LogP contribution >= 0.6 is 0 Å². The van der Waals surface area contributed by atoms with Crippen molar-refractivity contribution in [1.82, 2.24) is 20.4 Å². The monoisotopic (exact) mass is 294 g/mol. The lowest BCUT2D eigenvalue weighted by molar-refractivity contribution is 0.0317. The molecule has 0 aliphatic carbocycles. The molecule has 2 heterocycles. The molecule has 0 atom stereocenters. The number of piperidine rings is 1. The highest BCUT2D eigenvalue weighted by Crippen LogP contribution is 2.07. The van der Waals surface area contributed by atoms with Crippen molar-refractivity contribution in [2.75, 3.05) is 26.2 Å². The molecular formula is C15H26N4O2. The minimum absolute atomic E-state index is 0.0634. The van der Waals surface area contributed by atoms with E-state index in [2.05, 4.69) is 15.7 Å². The minimum atomic E-state index is -0.0634. The van der Waals surface area contributed by atoms with Gasteiger partial charge in [0.25, 0.3) is 5.91 Å². The molecule has 2 N–H and O–H groups in total. The van der Waals surface area contributed by atoms with E-state index in [1.165, 1.54) is 0 Å². The molecule has 2 rings (SSSR count). The Morgan fingerprint density at radius 2 is 2.29 bits per heavy atom. The van der Waals surface area contributed by atoms with Crippen LogP contribution in [0.4, 0.5) is 0 Å². The van der Waals surface area contributed by atoms with Gasteiger partial charge < -0.3 is 15.4 Å². The van der Waals surface area contributed by atoms with Crippen molar-refractivity contribution < 1.29 is 9.53 Å². The summed E-state index contributed by atoms with van der Waals surface area (Å²) < 4.78 is 7.45. The lowest BCUT2D eigenvalue weighted by atomic mass is 10.1. The van der Waals surface area contributed by atoms with E-state index in [1.54, 1.807) is 11.7 Å². The van der Waals surface area contributed by atoms with E-state index < -0.39 is 0 Å². The van der Waals surface area contributed by atoms with Gasteiger partial charge in [0, 0.05) is 20.2 Å². The summed E-state index contributed by atoms with van der Waals surface area (Å²) >= 11 is 0. The van der Waals surface area contributed by atoms with Gasteiger partial charge in [0.2, 0.25) is 0 Å². The molecular weight excluding hydrogens is 268 g/mol. The fourth-order valence-electron chi connectivity index (χ4n) is 2.49. The number of hydrogen-bond acceptors (Lipinski definition) is 4. The van der Waals surface area contributed by atoms with Gasteiger partial charge in [0.1, 0.15) is 5.69 Å². The largest absolute Gasteiger partial charge is 0.378 e. The van der Waals surface area contributed by atoms with E-state index in [-0.39, 0.29) is 5.91 Å². The quantitative estimate of drug-likeness (QED) is 0.732. The maximum Gasteiger partial charge on any atom is 0.269 e. The maximum absolute atomic E-state index is 12.0. The maximum atomic E-state index is 12.0. The number of aryl methyl sites for hydroxylation is 2. The van der Waals surface area contributed by atoms with Crippen LogP contribution in [-0.4, -0.2) is 48.0 Å². The molecule has 1 aromatic rings. The molecule has 1 aliphatic heterocycles. The summed E-state index contributed by atoms with van der Waals surface area (Å²) in [7, 11) is 1.80. The van der Waals surface area contributed by atoms with Gasteiger partial charge in [-0.05, 0) is 44.8 Å². The minimum Gasteiger partial charge on any atom is -0.378 e. The van der Waals surface area contributed by atoms with Crippen molar-refractivity contribution in [3.05, 3.63) is 17.5 Å². The molecule has 6 nitrogen and oxygen atoms in total. The average molecular weight is 294 g/mol.